The molecule has 1 amide bonds. The number of benzene rings is 3. The fourth-order valence-electron chi connectivity index (χ4n) is 3.63. The first-order valence-corrected chi connectivity index (χ1v) is 9.58. The second-order valence-corrected chi connectivity index (χ2v) is 6.94. The minimum Gasteiger partial charge on any atom is -0.451 e. The van der Waals surface area contributed by atoms with E-state index in [0.29, 0.717) is 17.9 Å². The van der Waals surface area contributed by atoms with E-state index in [1.807, 2.05) is 77.4 Å². The van der Waals surface area contributed by atoms with Gasteiger partial charge in [-0.2, -0.15) is 0 Å². The molecule has 5 rings (SSSR count). The number of furan rings is 1. The van der Waals surface area contributed by atoms with Gasteiger partial charge in [0, 0.05) is 29.4 Å². The van der Waals surface area contributed by atoms with Gasteiger partial charge in [0.2, 0.25) is 0 Å². The number of carbonyl (C=O) groups is 1. The molecule has 0 fully saturated rings. The SMILES string of the molecule is COCc1c(C(=O)Nc2ccc(-n3cnc4ccccc43)cc2)oc2ccccc12. The van der Waals surface area contributed by atoms with Crippen LogP contribution in [0.15, 0.2) is 83.5 Å². The summed E-state index contributed by atoms with van der Waals surface area (Å²) in [7, 11) is 1.60. The third-order valence-corrected chi connectivity index (χ3v) is 5.05. The van der Waals surface area contributed by atoms with Crippen LogP contribution >= 0.6 is 0 Å². The Bertz CT molecular complexity index is 1350. The van der Waals surface area contributed by atoms with Crippen molar-refractivity contribution >= 4 is 33.6 Å². The number of anilines is 1. The number of imidazole rings is 1. The lowest BCUT2D eigenvalue weighted by molar-refractivity contribution is 0.0992. The van der Waals surface area contributed by atoms with Gasteiger partial charge in [0.05, 0.1) is 17.6 Å². The Labute approximate surface area is 172 Å². The van der Waals surface area contributed by atoms with Crippen molar-refractivity contribution in [2.24, 2.45) is 0 Å². The van der Waals surface area contributed by atoms with Crippen LogP contribution in [-0.4, -0.2) is 22.6 Å². The van der Waals surface area contributed by atoms with E-state index in [1.165, 1.54) is 0 Å². The van der Waals surface area contributed by atoms with Crippen molar-refractivity contribution in [2.75, 3.05) is 12.4 Å². The highest BCUT2D eigenvalue weighted by Crippen LogP contribution is 2.27. The van der Waals surface area contributed by atoms with Gasteiger partial charge in [-0.15, -0.1) is 0 Å². The second-order valence-electron chi connectivity index (χ2n) is 6.94. The Kier molecular flexibility index (Phi) is 4.53. The number of para-hydroxylation sites is 3. The number of amides is 1. The molecular formula is C24H19N3O3. The lowest BCUT2D eigenvalue weighted by Gasteiger charge is -2.08. The number of aromatic nitrogens is 2. The molecule has 0 unspecified atom stereocenters. The maximum Gasteiger partial charge on any atom is 0.291 e. The lowest BCUT2D eigenvalue weighted by atomic mass is 10.1. The zero-order valence-corrected chi connectivity index (χ0v) is 16.3. The Morgan fingerprint density at radius 1 is 1.03 bits per heavy atom. The average molecular weight is 397 g/mol. The molecule has 6 nitrogen and oxygen atoms in total. The number of hydrogen-bond donors (Lipinski definition) is 1. The van der Waals surface area contributed by atoms with Crippen LogP contribution in [0.2, 0.25) is 0 Å². The van der Waals surface area contributed by atoms with E-state index in [4.69, 9.17) is 9.15 Å². The van der Waals surface area contributed by atoms with Crippen molar-refractivity contribution < 1.29 is 13.9 Å². The summed E-state index contributed by atoms with van der Waals surface area (Å²) in [5, 5.41) is 3.80. The molecular weight excluding hydrogens is 378 g/mol. The number of ether oxygens (including phenoxy) is 1. The summed E-state index contributed by atoms with van der Waals surface area (Å²) in [6, 6.07) is 23.1. The number of hydrogen-bond acceptors (Lipinski definition) is 4. The molecule has 1 N–H and O–H groups in total. The highest BCUT2D eigenvalue weighted by atomic mass is 16.5. The summed E-state index contributed by atoms with van der Waals surface area (Å²) in [4.78, 5) is 17.3. The maximum atomic E-state index is 12.9. The molecule has 2 heterocycles. The van der Waals surface area contributed by atoms with Crippen molar-refractivity contribution in [1.29, 1.82) is 0 Å². The van der Waals surface area contributed by atoms with Gasteiger partial charge >= 0.3 is 0 Å². The van der Waals surface area contributed by atoms with Crippen LogP contribution < -0.4 is 5.32 Å². The van der Waals surface area contributed by atoms with Gasteiger partial charge in [0.1, 0.15) is 11.9 Å². The summed E-state index contributed by atoms with van der Waals surface area (Å²) >= 11 is 0. The largest absolute Gasteiger partial charge is 0.451 e. The van der Waals surface area contributed by atoms with E-state index >= 15 is 0 Å². The molecule has 30 heavy (non-hydrogen) atoms. The number of nitrogens with zero attached hydrogens (tertiary/aromatic N) is 2. The third-order valence-electron chi connectivity index (χ3n) is 5.05. The highest BCUT2D eigenvalue weighted by molar-refractivity contribution is 6.06. The molecule has 6 heteroatoms. The van der Waals surface area contributed by atoms with Crippen LogP contribution in [0.3, 0.4) is 0 Å². The normalized spacial score (nSPS) is 11.2. The van der Waals surface area contributed by atoms with Crippen molar-refractivity contribution in [3.05, 3.63) is 90.4 Å². The van der Waals surface area contributed by atoms with Crippen molar-refractivity contribution in [1.82, 2.24) is 9.55 Å². The van der Waals surface area contributed by atoms with Crippen molar-refractivity contribution in [3.63, 3.8) is 0 Å². The van der Waals surface area contributed by atoms with Crippen LogP contribution in [0.4, 0.5) is 5.69 Å². The zero-order valence-electron chi connectivity index (χ0n) is 16.3. The van der Waals surface area contributed by atoms with E-state index in [0.717, 1.165) is 27.7 Å². The molecule has 5 aromatic rings. The molecule has 0 radical (unpaired) electrons. The Hall–Kier alpha value is -3.90. The molecule has 0 saturated carbocycles. The minimum absolute atomic E-state index is 0.266. The van der Waals surface area contributed by atoms with Gasteiger partial charge in [-0.05, 0) is 42.5 Å². The van der Waals surface area contributed by atoms with E-state index in [1.54, 1.807) is 13.4 Å². The van der Waals surface area contributed by atoms with Gasteiger partial charge < -0.3 is 14.5 Å². The molecule has 148 valence electrons. The number of nitrogens with one attached hydrogen (secondary N) is 1. The zero-order chi connectivity index (χ0) is 20.5. The molecule has 0 aliphatic heterocycles. The summed E-state index contributed by atoms with van der Waals surface area (Å²) in [6.07, 6.45) is 1.80. The predicted molar refractivity (Wildman–Crippen MR) is 116 cm³/mol. The van der Waals surface area contributed by atoms with Crippen LogP contribution in [0, 0.1) is 0 Å². The highest BCUT2D eigenvalue weighted by Gasteiger charge is 2.20. The maximum absolute atomic E-state index is 12.9. The van der Waals surface area contributed by atoms with Crippen LogP contribution in [0.25, 0.3) is 27.7 Å². The molecule has 0 spiro atoms. The van der Waals surface area contributed by atoms with E-state index < -0.39 is 0 Å². The topological polar surface area (TPSA) is 69.3 Å². The summed E-state index contributed by atoms with van der Waals surface area (Å²) < 4.78 is 13.1. The molecule has 0 aliphatic rings. The molecule has 3 aromatic carbocycles. The fourth-order valence-corrected chi connectivity index (χ4v) is 3.63. The van der Waals surface area contributed by atoms with E-state index in [-0.39, 0.29) is 11.7 Å². The summed E-state index contributed by atoms with van der Waals surface area (Å²) in [5.41, 5.74) is 5.01. The van der Waals surface area contributed by atoms with Gasteiger partial charge in [-0.3, -0.25) is 9.36 Å². The van der Waals surface area contributed by atoms with Gasteiger partial charge in [-0.1, -0.05) is 30.3 Å². The first-order valence-electron chi connectivity index (χ1n) is 9.58. The quantitative estimate of drug-likeness (QED) is 0.444. The van der Waals surface area contributed by atoms with Crippen LogP contribution in [-0.2, 0) is 11.3 Å². The average Bonchev–Trinajstić information content (AvgIpc) is 3.37. The molecule has 2 aromatic heterocycles. The van der Waals surface area contributed by atoms with Gasteiger partial charge in [-0.25, -0.2) is 4.98 Å². The van der Waals surface area contributed by atoms with Crippen LogP contribution in [0.5, 0.6) is 0 Å². The first-order chi connectivity index (χ1) is 14.7. The molecule has 0 bridgehead atoms. The fraction of sp³-hybridized carbons (Fsp3) is 0.0833. The first kappa shape index (κ1) is 18.1. The lowest BCUT2D eigenvalue weighted by Crippen LogP contribution is -2.13. The number of fused-ring (bicyclic) bond motifs is 2. The smallest absolute Gasteiger partial charge is 0.291 e. The number of carbonyl (C=O) groups excluding carboxylic acids is 1. The Morgan fingerprint density at radius 2 is 1.80 bits per heavy atom. The molecule has 0 saturated heterocycles. The van der Waals surface area contributed by atoms with Gasteiger partial charge in [0.15, 0.2) is 5.76 Å². The third kappa shape index (κ3) is 3.13. The Balaban J connectivity index is 1.42. The standard InChI is InChI=1S/C24H19N3O3/c1-29-14-19-18-6-2-5-9-22(18)30-23(19)24(28)26-16-10-12-17(13-11-16)27-15-25-20-7-3-4-8-21(20)27/h2-13,15H,14H2,1H3,(H,26,28). The summed E-state index contributed by atoms with van der Waals surface area (Å²) in [6.45, 7) is 0.298. The number of rotatable bonds is 5. The van der Waals surface area contributed by atoms with Crippen molar-refractivity contribution in [3.8, 4) is 5.69 Å². The second kappa shape index (κ2) is 7.50. The minimum atomic E-state index is -0.306. The van der Waals surface area contributed by atoms with E-state index in [9.17, 15) is 4.79 Å². The predicted octanol–water partition coefficient (Wildman–Crippen LogP) is 5.17. The monoisotopic (exact) mass is 397 g/mol. The Morgan fingerprint density at radius 3 is 2.63 bits per heavy atom. The number of methoxy groups -OCH3 is 1. The van der Waals surface area contributed by atoms with Crippen LogP contribution in [0.1, 0.15) is 16.1 Å². The van der Waals surface area contributed by atoms with Crippen molar-refractivity contribution in [2.45, 2.75) is 6.61 Å². The molecule has 0 atom stereocenters. The van der Waals surface area contributed by atoms with E-state index in [2.05, 4.69) is 10.3 Å². The van der Waals surface area contributed by atoms with Gasteiger partial charge in [0.25, 0.3) is 5.91 Å². The summed E-state index contributed by atoms with van der Waals surface area (Å²) in [5.74, 6) is -0.0400. The molecule has 0 aliphatic carbocycles.